The summed E-state index contributed by atoms with van der Waals surface area (Å²) in [6, 6.07) is 22.7. The largest absolute Gasteiger partial charge is 2.00 e. The summed E-state index contributed by atoms with van der Waals surface area (Å²) in [7, 11) is -9.35. The molecule has 13 heteroatoms. The van der Waals surface area contributed by atoms with Gasteiger partial charge in [0, 0.05) is 0 Å². The second-order valence-electron chi connectivity index (χ2n) is 14.7. The Morgan fingerprint density at radius 1 is 0.492 bits per heavy atom. The molecular formula is C46H62CaO10S2. The third kappa shape index (κ3) is 19.6. The molecule has 4 rings (SSSR count). The summed E-state index contributed by atoms with van der Waals surface area (Å²) >= 11 is 0. The zero-order valence-corrected chi connectivity index (χ0v) is 38.8. The number of benzene rings is 4. The number of hydrogen-bond acceptors (Lipinski definition) is 9. The Balaban J connectivity index is 0.000000400. The molecule has 4 aromatic carbocycles. The van der Waals surface area contributed by atoms with Gasteiger partial charge in [0.2, 0.25) is 0 Å². The number of aromatic hydroxyl groups is 1. The number of rotatable bonds is 26. The molecule has 0 aliphatic carbocycles. The van der Waals surface area contributed by atoms with Crippen LogP contribution in [0.5, 0.6) is 34.5 Å². The zero-order valence-electron chi connectivity index (χ0n) is 34.9. The zero-order chi connectivity index (χ0) is 42.2. The summed E-state index contributed by atoms with van der Waals surface area (Å²) in [4.78, 5) is -1.35. The minimum absolute atomic E-state index is 0. The molecule has 320 valence electrons. The van der Waals surface area contributed by atoms with Crippen LogP contribution < -0.4 is 14.6 Å². The number of hydrogen-bond donors (Lipinski definition) is 2. The van der Waals surface area contributed by atoms with Crippen molar-refractivity contribution in [2.75, 3.05) is 0 Å². The van der Waals surface area contributed by atoms with Crippen molar-refractivity contribution < 1.29 is 45.6 Å². The van der Waals surface area contributed by atoms with Gasteiger partial charge in [-0.2, -0.15) is 8.42 Å². The van der Waals surface area contributed by atoms with Crippen LogP contribution in [-0.2, 0) is 33.1 Å². The maximum absolute atomic E-state index is 12.3. The molecule has 0 radical (unpaired) electrons. The van der Waals surface area contributed by atoms with Gasteiger partial charge in [-0.15, -0.1) is 0 Å². The molecule has 4 aromatic rings. The molecule has 0 bridgehead atoms. The van der Waals surface area contributed by atoms with E-state index in [4.69, 9.17) is 9.47 Å². The average molecular weight is 879 g/mol. The van der Waals surface area contributed by atoms with Crippen molar-refractivity contribution in [3.63, 3.8) is 0 Å². The first kappa shape index (κ1) is 52.3. The van der Waals surface area contributed by atoms with E-state index in [0.29, 0.717) is 11.5 Å². The quantitative estimate of drug-likeness (QED) is 0.0351. The van der Waals surface area contributed by atoms with E-state index in [1.165, 1.54) is 114 Å². The Bertz CT molecular complexity index is 1870. The molecule has 0 atom stereocenters. The van der Waals surface area contributed by atoms with Gasteiger partial charge >= 0.3 is 37.7 Å². The van der Waals surface area contributed by atoms with Gasteiger partial charge in [0.05, 0.1) is 4.90 Å². The van der Waals surface area contributed by atoms with Crippen molar-refractivity contribution in [2.24, 2.45) is 0 Å². The van der Waals surface area contributed by atoms with Crippen LogP contribution in [-0.4, -0.2) is 68.8 Å². The fourth-order valence-corrected chi connectivity index (χ4v) is 7.84. The minimum Gasteiger partial charge on any atom is -0.869 e. The predicted octanol–water partition coefficient (Wildman–Crippen LogP) is 11.7. The van der Waals surface area contributed by atoms with Gasteiger partial charge in [-0.25, -0.2) is 8.42 Å². The van der Waals surface area contributed by atoms with Gasteiger partial charge in [0.15, 0.2) is 11.5 Å². The molecule has 10 nitrogen and oxygen atoms in total. The van der Waals surface area contributed by atoms with Crippen LogP contribution in [0.1, 0.15) is 141 Å². The van der Waals surface area contributed by atoms with Crippen molar-refractivity contribution in [2.45, 2.75) is 152 Å². The van der Waals surface area contributed by atoms with E-state index in [0.717, 1.165) is 61.8 Å². The fourth-order valence-electron chi connectivity index (χ4n) is 6.67. The Hall–Kier alpha value is -2.84. The summed E-state index contributed by atoms with van der Waals surface area (Å²) in [6.07, 6.45) is 24.1. The van der Waals surface area contributed by atoms with Gasteiger partial charge in [-0.3, -0.25) is 4.55 Å². The van der Waals surface area contributed by atoms with E-state index in [1.54, 1.807) is 18.2 Å². The average Bonchev–Trinajstić information content (AvgIpc) is 3.18. The Morgan fingerprint density at radius 3 is 1.27 bits per heavy atom. The maximum Gasteiger partial charge on any atom is 2.00 e. The van der Waals surface area contributed by atoms with Crippen molar-refractivity contribution in [1.29, 1.82) is 0 Å². The van der Waals surface area contributed by atoms with E-state index in [1.807, 2.05) is 30.3 Å². The molecule has 0 aliphatic rings. The summed E-state index contributed by atoms with van der Waals surface area (Å²) in [6.45, 7) is 4.45. The van der Waals surface area contributed by atoms with Crippen LogP contribution in [0.15, 0.2) is 94.7 Å². The van der Waals surface area contributed by atoms with Gasteiger partial charge in [0.25, 0.3) is 10.1 Å². The van der Waals surface area contributed by atoms with Crippen LogP contribution >= 0.6 is 0 Å². The van der Waals surface area contributed by atoms with Crippen molar-refractivity contribution in [3.8, 4) is 34.5 Å². The van der Waals surface area contributed by atoms with E-state index in [-0.39, 0.29) is 49.2 Å². The molecule has 0 aliphatic heterocycles. The topological polar surface area (TPSA) is 173 Å². The number of aryl methyl sites for hydroxylation is 2. The molecule has 0 fully saturated rings. The van der Waals surface area contributed by atoms with E-state index in [9.17, 15) is 36.2 Å². The smallest absolute Gasteiger partial charge is 0.869 e. The van der Waals surface area contributed by atoms with Gasteiger partial charge < -0.3 is 24.2 Å². The molecule has 2 N–H and O–H groups in total. The molecule has 0 saturated carbocycles. The standard InChI is InChI=1S/2C23H32O5S.Ca/c2*1-2-3-4-5-6-7-8-9-10-14-19-15-11-12-16-20(19)28-21-17-13-18-22(23(21)24)29(25,26)27;/h2*11-13,15-18,24H,2-10,14H2,1H3,(H,25,26,27);/q;;+2/p-2. The van der Waals surface area contributed by atoms with Crippen LogP contribution in [0.25, 0.3) is 0 Å². The number of para-hydroxylation sites is 4. The molecule has 0 amide bonds. The number of phenolic OH excluding ortho intramolecular Hbond substituents is 1. The van der Waals surface area contributed by atoms with Gasteiger partial charge in [-0.05, 0) is 79.0 Å². The summed E-state index contributed by atoms with van der Waals surface area (Å²) in [5.74, 6) is -0.547. The third-order valence-corrected chi connectivity index (χ3v) is 11.7. The molecule has 0 unspecified atom stereocenters. The fraction of sp³-hybridized carbons (Fsp3) is 0.478. The monoisotopic (exact) mass is 878 g/mol. The van der Waals surface area contributed by atoms with Gasteiger partial charge in [-0.1, -0.05) is 165 Å². The minimum atomic E-state index is -4.83. The molecular weight excluding hydrogens is 817 g/mol. The summed E-state index contributed by atoms with van der Waals surface area (Å²) in [5, 5.41) is 22.4. The van der Waals surface area contributed by atoms with Crippen LogP contribution in [0.2, 0.25) is 0 Å². The van der Waals surface area contributed by atoms with E-state index >= 15 is 0 Å². The van der Waals surface area contributed by atoms with E-state index < -0.39 is 41.5 Å². The second-order valence-corrected chi connectivity index (χ2v) is 17.4. The van der Waals surface area contributed by atoms with Crippen LogP contribution in [0.4, 0.5) is 0 Å². The molecule has 0 saturated heterocycles. The van der Waals surface area contributed by atoms with Crippen LogP contribution in [0.3, 0.4) is 0 Å². The first-order valence-corrected chi connectivity index (χ1v) is 23.8. The first-order valence-electron chi connectivity index (χ1n) is 20.9. The molecule has 0 heterocycles. The molecule has 0 aromatic heterocycles. The summed E-state index contributed by atoms with van der Waals surface area (Å²) in [5.41, 5.74) is 1.97. The van der Waals surface area contributed by atoms with E-state index in [2.05, 4.69) is 13.8 Å². The van der Waals surface area contributed by atoms with Crippen molar-refractivity contribution in [1.82, 2.24) is 0 Å². The SMILES string of the molecule is CCCCCCCCCCCc1ccccc1Oc1cccc(S(=O)(=O)O)c1O.CCCCCCCCCCCc1ccccc1Oc1cccc(S(=O)(=O)[O-])c1[O-].[Ca+2]. The Labute approximate surface area is 383 Å². The van der Waals surface area contributed by atoms with Crippen molar-refractivity contribution in [3.05, 3.63) is 96.1 Å². The Morgan fingerprint density at radius 2 is 0.847 bits per heavy atom. The Kier molecular flexibility index (Phi) is 25.4. The molecule has 59 heavy (non-hydrogen) atoms. The second kappa shape index (κ2) is 28.6. The van der Waals surface area contributed by atoms with Gasteiger partial charge in [0.1, 0.15) is 32.3 Å². The van der Waals surface area contributed by atoms with Crippen molar-refractivity contribution >= 4 is 58.0 Å². The third-order valence-electron chi connectivity index (χ3n) is 9.94. The number of unbranched alkanes of at least 4 members (excludes halogenated alkanes) is 16. The first-order chi connectivity index (χ1) is 27.9. The summed E-state index contributed by atoms with van der Waals surface area (Å²) < 4.78 is 77.1. The number of ether oxygens (including phenoxy) is 2. The predicted molar refractivity (Wildman–Crippen MR) is 232 cm³/mol. The normalized spacial score (nSPS) is 11.3. The maximum atomic E-state index is 12.3. The molecule has 0 spiro atoms. The van der Waals surface area contributed by atoms with Crippen LogP contribution in [0, 0.1) is 0 Å². The number of phenols is 1.